The van der Waals surface area contributed by atoms with E-state index in [0.717, 1.165) is 38.6 Å². The van der Waals surface area contributed by atoms with Crippen LogP contribution in [0.5, 0.6) is 0 Å². The van der Waals surface area contributed by atoms with Crippen LogP contribution in [-0.4, -0.2) is 31.6 Å². The summed E-state index contributed by atoms with van der Waals surface area (Å²) >= 11 is 0. The van der Waals surface area contributed by atoms with E-state index in [1.54, 1.807) is 24.3 Å². The Hall–Kier alpha value is -1.88. The van der Waals surface area contributed by atoms with Crippen LogP contribution in [0, 0.1) is 0 Å². The smallest absolute Gasteiger partial charge is 0.338 e. The minimum absolute atomic E-state index is 0.0870. The van der Waals surface area contributed by atoms with Gasteiger partial charge in [-0.15, -0.1) is 0 Å². The molecule has 0 unspecified atom stereocenters. The molecular weight excluding hydrogens is 292 g/mol. The SMILES string of the molecule is CCCCCOC(=O)c1ccc(NC(=O)CNCCCC)cc1. The minimum Gasteiger partial charge on any atom is -0.462 e. The lowest BCUT2D eigenvalue weighted by atomic mass is 10.2. The summed E-state index contributed by atoms with van der Waals surface area (Å²) in [6.07, 6.45) is 5.21. The minimum atomic E-state index is -0.319. The number of anilines is 1. The molecule has 1 aromatic carbocycles. The van der Waals surface area contributed by atoms with E-state index >= 15 is 0 Å². The van der Waals surface area contributed by atoms with Crippen LogP contribution in [0.2, 0.25) is 0 Å². The Morgan fingerprint density at radius 1 is 1.00 bits per heavy atom. The molecule has 0 saturated carbocycles. The first-order chi connectivity index (χ1) is 11.2. The van der Waals surface area contributed by atoms with Gasteiger partial charge in [-0.3, -0.25) is 4.79 Å². The van der Waals surface area contributed by atoms with Crippen molar-refractivity contribution in [3.05, 3.63) is 29.8 Å². The zero-order valence-corrected chi connectivity index (χ0v) is 14.2. The first kappa shape index (κ1) is 19.2. The molecule has 0 aliphatic carbocycles. The number of hydrogen-bond donors (Lipinski definition) is 2. The van der Waals surface area contributed by atoms with Crippen LogP contribution in [0.25, 0.3) is 0 Å². The number of rotatable bonds is 11. The third-order valence-corrected chi connectivity index (χ3v) is 3.38. The highest BCUT2D eigenvalue weighted by atomic mass is 16.5. The molecule has 1 rings (SSSR count). The summed E-state index contributed by atoms with van der Waals surface area (Å²) in [6, 6.07) is 6.77. The molecule has 0 aliphatic rings. The van der Waals surface area contributed by atoms with Crippen molar-refractivity contribution in [2.45, 2.75) is 46.0 Å². The number of nitrogens with one attached hydrogen (secondary N) is 2. The summed E-state index contributed by atoms with van der Waals surface area (Å²) in [5.74, 6) is -0.406. The lowest BCUT2D eigenvalue weighted by molar-refractivity contribution is -0.115. The predicted molar refractivity (Wildman–Crippen MR) is 92.7 cm³/mol. The molecule has 128 valence electrons. The van der Waals surface area contributed by atoms with E-state index in [-0.39, 0.29) is 11.9 Å². The van der Waals surface area contributed by atoms with Gasteiger partial charge in [-0.2, -0.15) is 0 Å². The monoisotopic (exact) mass is 320 g/mol. The highest BCUT2D eigenvalue weighted by Crippen LogP contribution is 2.11. The second-order valence-corrected chi connectivity index (χ2v) is 5.50. The molecule has 5 nitrogen and oxygen atoms in total. The highest BCUT2D eigenvalue weighted by molar-refractivity contribution is 5.93. The third-order valence-electron chi connectivity index (χ3n) is 3.38. The summed E-state index contributed by atoms with van der Waals surface area (Å²) in [5.41, 5.74) is 1.18. The Bertz CT molecular complexity index is 472. The molecule has 0 heterocycles. The molecule has 1 aromatic rings. The van der Waals surface area contributed by atoms with E-state index in [9.17, 15) is 9.59 Å². The molecule has 5 heteroatoms. The molecule has 1 amide bonds. The maximum atomic E-state index is 11.8. The van der Waals surface area contributed by atoms with Gasteiger partial charge < -0.3 is 15.4 Å². The van der Waals surface area contributed by atoms with Crippen LogP contribution >= 0.6 is 0 Å². The van der Waals surface area contributed by atoms with Crippen molar-refractivity contribution >= 4 is 17.6 Å². The van der Waals surface area contributed by atoms with E-state index in [1.807, 2.05) is 0 Å². The zero-order valence-electron chi connectivity index (χ0n) is 14.2. The molecule has 23 heavy (non-hydrogen) atoms. The Morgan fingerprint density at radius 2 is 1.70 bits per heavy atom. The molecule has 0 atom stereocenters. The van der Waals surface area contributed by atoms with Crippen molar-refractivity contribution in [2.75, 3.05) is 25.0 Å². The lowest BCUT2D eigenvalue weighted by Gasteiger charge is -2.08. The summed E-state index contributed by atoms with van der Waals surface area (Å²) in [6.45, 7) is 5.80. The Balaban J connectivity index is 2.34. The zero-order chi connectivity index (χ0) is 16.9. The summed E-state index contributed by atoms with van der Waals surface area (Å²) in [5, 5.41) is 5.87. The molecule has 0 aliphatic heterocycles. The fourth-order valence-electron chi connectivity index (χ4n) is 2.00. The van der Waals surface area contributed by atoms with Crippen molar-refractivity contribution in [1.29, 1.82) is 0 Å². The number of ether oxygens (including phenoxy) is 1. The van der Waals surface area contributed by atoms with E-state index in [1.165, 1.54) is 0 Å². The molecule has 0 aromatic heterocycles. The van der Waals surface area contributed by atoms with Crippen LogP contribution in [-0.2, 0) is 9.53 Å². The van der Waals surface area contributed by atoms with Gasteiger partial charge in [0.25, 0.3) is 0 Å². The van der Waals surface area contributed by atoms with E-state index < -0.39 is 0 Å². The summed E-state index contributed by atoms with van der Waals surface area (Å²) in [7, 11) is 0. The third kappa shape index (κ3) is 8.35. The molecule has 0 saturated heterocycles. The number of amides is 1. The average Bonchev–Trinajstić information content (AvgIpc) is 2.56. The van der Waals surface area contributed by atoms with Crippen molar-refractivity contribution in [3.63, 3.8) is 0 Å². The first-order valence-corrected chi connectivity index (χ1v) is 8.45. The fraction of sp³-hybridized carbons (Fsp3) is 0.556. The van der Waals surface area contributed by atoms with Crippen LogP contribution < -0.4 is 10.6 Å². The second kappa shape index (κ2) is 11.7. The van der Waals surface area contributed by atoms with Gasteiger partial charge in [0.05, 0.1) is 18.7 Å². The predicted octanol–water partition coefficient (Wildman–Crippen LogP) is 3.36. The fourth-order valence-corrected chi connectivity index (χ4v) is 2.00. The van der Waals surface area contributed by atoms with Gasteiger partial charge in [-0.05, 0) is 43.7 Å². The topological polar surface area (TPSA) is 67.4 Å². The van der Waals surface area contributed by atoms with Gasteiger partial charge in [0.1, 0.15) is 0 Å². The number of unbranched alkanes of at least 4 members (excludes halogenated alkanes) is 3. The normalized spacial score (nSPS) is 10.3. The number of carbonyl (C=O) groups is 2. The van der Waals surface area contributed by atoms with Crippen LogP contribution in [0.3, 0.4) is 0 Å². The van der Waals surface area contributed by atoms with E-state index in [0.29, 0.717) is 24.4 Å². The quantitative estimate of drug-likeness (QED) is 0.484. The van der Waals surface area contributed by atoms with Crippen molar-refractivity contribution in [1.82, 2.24) is 5.32 Å². The number of esters is 1. The molecule has 0 radical (unpaired) electrons. The first-order valence-electron chi connectivity index (χ1n) is 8.45. The van der Waals surface area contributed by atoms with Gasteiger partial charge >= 0.3 is 5.97 Å². The molecule has 0 fully saturated rings. The van der Waals surface area contributed by atoms with Crippen LogP contribution in [0.1, 0.15) is 56.3 Å². The maximum absolute atomic E-state index is 11.8. The van der Waals surface area contributed by atoms with E-state index in [4.69, 9.17) is 4.74 Å². The van der Waals surface area contributed by atoms with Crippen molar-refractivity contribution in [2.24, 2.45) is 0 Å². The summed E-state index contributed by atoms with van der Waals surface area (Å²) in [4.78, 5) is 23.6. The van der Waals surface area contributed by atoms with Crippen molar-refractivity contribution in [3.8, 4) is 0 Å². The lowest BCUT2D eigenvalue weighted by Crippen LogP contribution is -2.28. The Morgan fingerprint density at radius 3 is 2.35 bits per heavy atom. The molecule has 0 spiro atoms. The highest BCUT2D eigenvalue weighted by Gasteiger charge is 2.07. The Labute approximate surface area is 138 Å². The number of hydrogen-bond acceptors (Lipinski definition) is 4. The maximum Gasteiger partial charge on any atom is 0.338 e. The van der Waals surface area contributed by atoms with Gasteiger partial charge in [0.2, 0.25) is 5.91 Å². The van der Waals surface area contributed by atoms with Gasteiger partial charge in [-0.1, -0.05) is 33.1 Å². The van der Waals surface area contributed by atoms with E-state index in [2.05, 4.69) is 24.5 Å². The standard InChI is InChI=1S/C18H28N2O3/c1-3-5-7-13-23-18(22)15-8-10-16(11-9-15)20-17(21)14-19-12-6-4-2/h8-11,19H,3-7,12-14H2,1-2H3,(H,20,21). The molecule has 0 bridgehead atoms. The molecular formula is C18H28N2O3. The van der Waals surface area contributed by atoms with Crippen LogP contribution in [0.15, 0.2) is 24.3 Å². The van der Waals surface area contributed by atoms with Gasteiger partial charge in [0.15, 0.2) is 0 Å². The van der Waals surface area contributed by atoms with Crippen LogP contribution in [0.4, 0.5) is 5.69 Å². The summed E-state index contributed by atoms with van der Waals surface area (Å²) < 4.78 is 5.19. The largest absolute Gasteiger partial charge is 0.462 e. The number of carbonyl (C=O) groups excluding carboxylic acids is 2. The van der Waals surface area contributed by atoms with Crippen molar-refractivity contribution < 1.29 is 14.3 Å². The number of benzene rings is 1. The van der Waals surface area contributed by atoms with Gasteiger partial charge in [0, 0.05) is 5.69 Å². The Kier molecular flexibility index (Phi) is 9.71. The average molecular weight is 320 g/mol. The second-order valence-electron chi connectivity index (χ2n) is 5.50. The molecule has 2 N–H and O–H groups in total. The van der Waals surface area contributed by atoms with Gasteiger partial charge in [-0.25, -0.2) is 4.79 Å².